The Labute approximate surface area is 88.0 Å². The van der Waals surface area contributed by atoms with Crippen molar-refractivity contribution in [3.8, 4) is 5.75 Å². The molecule has 4 heteroatoms. The highest BCUT2D eigenvalue weighted by Gasteiger charge is 2.16. The Bertz CT molecular complexity index is 330. The summed E-state index contributed by atoms with van der Waals surface area (Å²) < 4.78 is 5.17. The van der Waals surface area contributed by atoms with E-state index in [0.29, 0.717) is 12.6 Å². The number of nitrogens with one attached hydrogen (secondary N) is 1. The smallest absolute Gasteiger partial charge is 0.121 e. The van der Waals surface area contributed by atoms with Gasteiger partial charge < -0.3 is 15.8 Å². The van der Waals surface area contributed by atoms with Crippen molar-refractivity contribution in [2.24, 2.45) is 5.73 Å². The third-order valence-electron chi connectivity index (χ3n) is 2.27. The molecule has 1 aromatic carbocycles. The number of benzene rings is 1. The molecule has 0 aliphatic carbocycles. The number of thioether (sulfide) groups is 1. The molecule has 0 radical (unpaired) electrons. The molecule has 14 heavy (non-hydrogen) atoms. The molecule has 0 bridgehead atoms. The molecule has 1 aromatic rings. The largest absolute Gasteiger partial charge is 0.497 e. The van der Waals surface area contributed by atoms with E-state index in [1.807, 2.05) is 23.9 Å². The molecular weight excluding hydrogens is 196 g/mol. The van der Waals surface area contributed by atoms with E-state index in [9.17, 15) is 0 Å². The van der Waals surface area contributed by atoms with Crippen molar-refractivity contribution in [3.63, 3.8) is 0 Å². The highest BCUT2D eigenvalue weighted by molar-refractivity contribution is 7.99. The predicted molar refractivity (Wildman–Crippen MR) is 60.2 cm³/mol. The van der Waals surface area contributed by atoms with Gasteiger partial charge in [0.25, 0.3) is 0 Å². The molecule has 1 atom stereocenters. The second-order valence-electron chi connectivity index (χ2n) is 3.25. The number of rotatable bonds is 2. The average Bonchev–Trinajstić information content (AvgIpc) is 2.27. The van der Waals surface area contributed by atoms with Crippen LogP contribution in [0.5, 0.6) is 5.75 Å². The van der Waals surface area contributed by atoms with Crippen LogP contribution in [0.15, 0.2) is 23.1 Å². The van der Waals surface area contributed by atoms with Gasteiger partial charge in [-0.2, -0.15) is 0 Å². The third kappa shape index (κ3) is 1.81. The Morgan fingerprint density at radius 1 is 1.64 bits per heavy atom. The fraction of sp³-hybridized carbons (Fsp3) is 0.400. The van der Waals surface area contributed by atoms with Crippen LogP contribution in [0.3, 0.4) is 0 Å². The van der Waals surface area contributed by atoms with Crippen LogP contribution >= 0.6 is 11.8 Å². The minimum Gasteiger partial charge on any atom is -0.497 e. The molecule has 0 saturated heterocycles. The highest BCUT2D eigenvalue weighted by atomic mass is 32.2. The summed E-state index contributed by atoms with van der Waals surface area (Å²) in [4.78, 5) is 1.27. The third-order valence-corrected chi connectivity index (χ3v) is 3.51. The fourth-order valence-corrected chi connectivity index (χ4v) is 2.49. The zero-order valence-electron chi connectivity index (χ0n) is 8.12. The Kier molecular flexibility index (Phi) is 2.84. The Morgan fingerprint density at radius 3 is 3.21 bits per heavy atom. The molecule has 0 fully saturated rings. The van der Waals surface area contributed by atoms with Gasteiger partial charge in [-0.15, -0.1) is 11.8 Å². The van der Waals surface area contributed by atoms with E-state index >= 15 is 0 Å². The topological polar surface area (TPSA) is 47.3 Å². The minimum absolute atomic E-state index is 0.375. The number of nitrogens with two attached hydrogens (primary N) is 1. The summed E-state index contributed by atoms with van der Waals surface area (Å²) in [6.07, 6.45) is 0. The van der Waals surface area contributed by atoms with E-state index in [0.717, 1.165) is 17.2 Å². The zero-order chi connectivity index (χ0) is 9.97. The van der Waals surface area contributed by atoms with Crippen molar-refractivity contribution in [1.82, 2.24) is 0 Å². The average molecular weight is 210 g/mol. The first-order valence-electron chi connectivity index (χ1n) is 4.61. The molecule has 0 spiro atoms. The molecule has 0 amide bonds. The van der Waals surface area contributed by atoms with Crippen LogP contribution in [0, 0.1) is 0 Å². The zero-order valence-corrected chi connectivity index (χ0v) is 8.93. The number of methoxy groups -OCH3 is 1. The molecule has 3 N–H and O–H groups in total. The number of anilines is 1. The molecule has 3 nitrogen and oxygen atoms in total. The van der Waals surface area contributed by atoms with Crippen molar-refractivity contribution in [1.29, 1.82) is 0 Å². The summed E-state index contributed by atoms with van der Waals surface area (Å²) in [5.41, 5.74) is 6.76. The summed E-state index contributed by atoms with van der Waals surface area (Å²) in [7, 11) is 1.68. The van der Waals surface area contributed by atoms with Crippen molar-refractivity contribution in [2.45, 2.75) is 10.9 Å². The summed E-state index contributed by atoms with van der Waals surface area (Å²) in [6, 6.07) is 6.46. The number of ether oxygens (including phenoxy) is 1. The van der Waals surface area contributed by atoms with Gasteiger partial charge in [0.15, 0.2) is 0 Å². The lowest BCUT2D eigenvalue weighted by molar-refractivity contribution is 0.414. The maximum Gasteiger partial charge on any atom is 0.121 e. The maximum absolute atomic E-state index is 5.62. The monoisotopic (exact) mass is 210 g/mol. The van der Waals surface area contributed by atoms with E-state index in [1.54, 1.807) is 7.11 Å². The highest BCUT2D eigenvalue weighted by Crippen LogP contribution is 2.35. The van der Waals surface area contributed by atoms with Crippen LogP contribution in [-0.2, 0) is 0 Å². The predicted octanol–water partition coefficient (Wildman–Crippen LogP) is 1.54. The molecule has 0 saturated carbocycles. The van der Waals surface area contributed by atoms with Crippen LogP contribution < -0.4 is 15.8 Å². The number of hydrogen-bond donors (Lipinski definition) is 2. The summed E-state index contributed by atoms with van der Waals surface area (Å²) in [5, 5.41) is 3.40. The minimum atomic E-state index is 0.375. The second kappa shape index (κ2) is 4.11. The first-order valence-corrected chi connectivity index (χ1v) is 5.59. The lowest BCUT2D eigenvalue weighted by atomic mass is 10.2. The van der Waals surface area contributed by atoms with Crippen LogP contribution in [0.2, 0.25) is 0 Å². The Morgan fingerprint density at radius 2 is 2.50 bits per heavy atom. The van der Waals surface area contributed by atoms with Crippen LogP contribution in [-0.4, -0.2) is 25.4 Å². The van der Waals surface area contributed by atoms with Gasteiger partial charge in [0.2, 0.25) is 0 Å². The number of fused-ring (bicyclic) bond motifs is 1. The van der Waals surface area contributed by atoms with Crippen LogP contribution in [0.25, 0.3) is 0 Å². The van der Waals surface area contributed by atoms with Crippen LogP contribution in [0.4, 0.5) is 5.69 Å². The first-order chi connectivity index (χ1) is 6.83. The van der Waals surface area contributed by atoms with E-state index < -0.39 is 0 Å². The first kappa shape index (κ1) is 9.68. The molecule has 1 aliphatic heterocycles. The van der Waals surface area contributed by atoms with Gasteiger partial charge in [-0.05, 0) is 12.1 Å². The Hall–Kier alpha value is -0.870. The van der Waals surface area contributed by atoms with Gasteiger partial charge in [0.1, 0.15) is 5.75 Å². The van der Waals surface area contributed by atoms with Gasteiger partial charge in [-0.25, -0.2) is 0 Å². The van der Waals surface area contributed by atoms with Crippen LogP contribution in [0.1, 0.15) is 0 Å². The molecule has 1 unspecified atom stereocenters. The standard InChI is InChI=1S/C10H14N2OS/c1-13-8-2-3-10-9(4-8)12-7(5-11)6-14-10/h2-4,7,12H,5-6,11H2,1H3. The van der Waals surface area contributed by atoms with E-state index in [2.05, 4.69) is 11.4 Å². The SMILES string of the molecule is COc1ccc2c(c1)NC(CN)CS2. The molecule has 76 valence electrons. The van der Waals surface area contributed by atoms with Gasteiger partial charge in [-0.1, -0.05) is 0 Å². The molecule has 1 heterocycles. The summed E-state index contributed by atoms with van der Waals surface area (Å²) in [6.45, 7) is 0.670. The molecule has 2 rings (SSSR count). The van der Waals surface area contributed by atoms with Crippen molar-refractivity contribution >= 4 is 17.4 Å². The van der Waals surface area contributed by atoms with Gasteiger partial charge in [-0.3, -0.25) is 0 Å². The van der Waals surface area contributed by atoms with Crippen molar-refractivity contribution in [3.05, 3.63) is 18.2 Å². The van der Waals surface area contributed by atoms with Gasteiger partial charge in [0, 0.05) is 29.3 Å². The quantitative estimate of drug-likeness (QED) is 0.777. The molecule has 0 aromatic heterocycles. The number of hydrogen-bond acceptors (Lipinski definition) is 4. The fourth-order valence-electron chi connectivity index (χ4n) is 1.45. The Balaban J connectivity index is 2.25. The van der Waals surface area contributed by atoms with Gasteiger partial charge >= 0.3 is 0 Å². The maximum atomic E-state index is 5.62. The second-order valence-corrected chi connectivity index (χ2v) is 4.31. The normalized spacial score (nSPS) is 19.7. The van der Waals surface area contributed by atoms with E-state index in [4.69, 9.17) is 10.5 Å². The van der Waals surface area contributed by atoms with E-state index in [-0.39, 0.29) is 0 Å². The lowest BCUT2D eigenvalue weighted by Gasteiger charge is -2.25. The van der Waals surface area contributed by atoms with E-state index in [1.165, 1.54) is 4.90 Å². The summed E-state index contributed by atoms with van der Waals surface area (Å²) >= 11 is 1.84. The molecule has 1 aliphatic rings. The molecular formula is C10H14N2OS. The van der Waals surface area contributed by atoms with Crippen molar-refractivity contribution < 1.29 is 4.74 Å². The van der Waals surface area contributed by atoms with Crippen molar-refractivity contribution in [2.75, 3.05) is 24.7 Å². The lowest BCUT2D eigenvalue weighted by Crippen LogP contribution is -2.33. The van der Waals surface area contributed by atoms with Gasteiger partial charge in [0.05, 0.1) is 12.8 Å². The summed E-state index contributed by atoms with van der Waals surface area (Å²) in [5.74, 6) is 1.92.